The maximum Gasteiger partial charge on any atom is 0.226 e. The lowest BCUT2D eigenvalue weighted by Gasteiger charge is -2.15. The van der Waals surface area contributed by atoms with Crippen LogP contribution in [0.4, 0.5) is 10.3 Å². The molecule has 0 bridgehead atoms. The minimum absolute atomic E-state index is 0.226. The zero-order valence-electron chi connectivity index (χ0n) is 17.5. The summed E-state index contributed by atoms with van der Waals surface area (Å²) in [5.41, 5.74) is 5.04. The number of hydrogen-bond acceptors (Lipinski definition) is 5. The van der Waals surface area contributed by atoms with Gasteiger partial charge in [-0.25, -0.2) is 19.3 Å². The van der Waals surface area contributed by atoms with E-state index in [0.29, 0.717) is 36.1 Å². The van der Waals surface area contributed by atoms with Crippen molar-refractivity contribution < 1.29 is 4.39 Å². The Kier molecular flexibility index (Phi) is 4.55. The summed E-state index contributed by atoms with van der Waals surface area (Å²) in [4.78, 5) is 15.8. The molecule has 1 aliphatic rings. The molecule has 158 valence electrons. The minimum Gasteiger partial charge on any atom is -0.332 e. The van der Waals surface area contributed by atoms with Crippen LogP contribution >= 0.6 is 0 Å². The number of halogens is 1. The number of anilines is 1. The first-order valence-electron chi connectivity index (χ1n) is 10.5. The molecule has 2 aromatic carbocycles. The first kappa shape index (κ1) is 19.1. The molecule has 7 heteroatoms. The fraction of sp³-hybridized carbons (Fsp3) is 0.0769. The fourth-order valence-electron chi connectivity index (χ4n) is 3.97. The van der Waals surface area contributed by atoms with Gasteiger partial charge < -0.3 is 4.90 Å². The number of nitrogens with zero attached hydrogens (tertiary/aromatic N) is 6. The third-order valence-corrected chi connectivity index (χ3v) is 5.60. The van der Waals surface area contributed by atoms with Crippen LogP contribution in [-0.4, -0.2) is 24.7 Å². The molecule has 0 fully saturated rings. The van der Waals surface area contributed by atoms with Crippen LogP contribution in [0.25, 0.3) is 22.3 Å². The summed E-state index contributed by atoms with van der Waals surface area (Å²) < 4.78 is 15.2. The number of fused-ring (bicyclic) bond motifs is 2. The van der Waals surface area contributed by atoms with E-state index in [2.05, 4.69) is 27.0 Å². The summed E-state index contributed by atoms with van der Waals surface area (Å²) in [6.45, 7) is 1.23. The molecule has 0 unspecified atom stereocenters. The number of para-hydroxylation sites is 1. The van der Waals surface area contributed by atoms with E-state index in [1.54, 1.807) is 23.1 Å². The predicted octanol–water partition coefficient (Wildman–Crippen LogP) is 4.40. The first-order valence-corrected chi connectivity index (χ1v) is 10.5. The largest absolute Gasteiger partial charge is 0.332 e. The zero-order valence-corrected chi connectivity index (χ0v) is 17.5. The highest BCUT2D eigenvalue weighted by Gasteiger charge is 2.22. The van der Waals surface area contributed by atoms with Gasteiger partial charge in [0.2, 0.25) is 5.95 Å². The molecule has 0 aliphatic carbocycles. The van der Waals surface area contributed by atoms with Gasteiger partial charge in [0.15, 0.2) is 0 Å². The predicted molar refractivity (Wildman–Crippen MR) is 124 cm³/mol. The van der Waals surface area contributed by atoms with Crippen molar-refractivity contribution in [3.8, 4) is 23.4 Å². The Morgan fingerprint density at radius 3 is 2.70 bits per heavy atom. The molecular formula is C26H17FN6. The normalized spacial score (nSPS) is 12.5. The van der Waals surface area contributed by atoms with Crippen molar-refractivity contribution in [3.05, 3.63) is 102 Å². The smallest absolute Gasteiger partial charge is 0.226 e. The van der Waals surface area contributed by atoms with Gasteiger partial charge in [0.1, 0.15) is 11.5 Å². The van der Waals surface area contributed by atoms with Gasteiger partial charge in [-0.1, -0.05) is 30.3 Å². The summed E-state index contributed by atoms with van der Waals surface area (Å²) in [7, 11) is 0. The van der Waals surface area contributed by atoms with Crippen molar-refractivity contribution in [2.45, 2.75) is 13.1 Å². The first-order chi connectivity index (χ1) is 16.2. The second-order valence-electron chi connectivity index (χ2n) is 7.77. The molecule has 4 heterocycles. The van der Waals surface area contributed by atoms with E-state index in [1.165, 1.54) is 6.07 Å². The van der Waals surface area contributed by atoms with Gasteiger partial charge in [-0.05, 0) is 53.4 Å². The van der Waals surface area contributed by atoms with Crippen LogP contribution in [0.2, 0.25) is 0 Å². The van der Waals surface area contributed by atoms with Gasteiger partial charge in [0.05, 0.1) is 23.1 Å². The van der Waals surface area contributed by atoms with Gasteiger partial charge >= 0.3 is 0 Å². The highest BCUT2D eigenvalue weighted by atomic mass is 19.1. The average Bonchev–Trinajstić information content (AvgIpc) is 3.47. The molecule has 0 radical (unpaired) electrons. The summed E-state index contributed by atoms with van der Waals surface area (Å²) >= 11 is 0. The number of benzene rings is 2. The lowest BCUT2D eigenvalue weighted by Crippen LogP contribution is -2.17. The SMILES string of the molecule is Fc1ccc2c(c1)CN(c1nccc(-c3cccc(C#Cn4ncc5ccccc54)n3)n1)C2. The van der Waals surface area contributed by atoms with E-state index >= 15 is 0 Å². The summed E-state index contributed by atoms with van der Waals surface area (Å²) in [5, 5.41) is 5.37. The molecule has 0 atom stereocenters. The molecule has 0 spiro atoms. The van der Waals surface area contributed by atoms with E-state index in [-0.39, 0.29) is 5.82 Å². The monoisotopic (exact) mass is 432 g/mol. The summed E-state index contributed by atoms with van der Waals surface area (Å²) in [6, 6.07) is 23.3. The van der Waals surface area contributed by atoms with E-state index in [9.17, 15) is 4.39 Å². The van der Waals surface area contributed by atoms with Gasteiger partial charge in [-0.15, -0.1) is 0 Å². The van der Waals surface area contributed by atoms with E-state index < -0.39 is 0 Å². The van der Waals surface area contributed by atoms with E-state index in [0.717, 1.165) is 22.0 Å². The number of rotatable bonds is 2. The van der Waals surface area contributed by atoms with Gasteiger partial charge in [0.25, 0.3) is 0 Å². The van der Waals surface area contributed by atoms with Crippen LogP contribution in [0.15, 0.2) is 79.1 Å². The van der Waals surface area contributed by atoms with Crippen molar-refractivity contribution in [2.75, 3.05) is 4.90 Å². The third kappa shape index (κ3) is 3.68. The highest BCUT2D eigenvalue weighted by molar-refractivity contribution is 5.79. The van der Waals surface area contributed by atoms with Crippen molar-refractivity contribution >= 4 is 16.9 Å². The van der Waals surface area contributed by atoms with Crippen molar-refractivity contribution in [2.24, 2.45) is 0 Å². The Hall–Kier alpha value is -4.57. The fourth-order valence-corrected chi connectivity index (χ4v) is 3.97. The molecule has 6 nitrogen and oxygen atoms in total. The lowest BCUT2D eigenvalue weighted by molar-refractivity contribution is 0.626. The Balaban J connectivity index is 1.28. The van der Waals surface area contributed by atoms with Crippen LogP contribution in [0.1, 0.15) is 16.8 Å². The molecule has 0 saturated carbocycles. The van der Waals surface area contributed by atoms with Crippen LogP contribution in [0, 0.1) is 17.8 Å². The Bertz CT molecular complexity index is 1560. The maximum atomic E-state index is 13.6. The summed E-state index contributed by atoms with van der Waals surface area (Å²) in [5.74, 6) is 3.45. The van der Waals surface area contributed by atoms with Gasteiger partial charge in [-0.2, -0.15) is 9.78 Å². The minimum atomic E-state index is -0.226. The number of aromatic nitrogens is 5. The molecule has 1 aliphatic heterocycles. The molecule has 3 aromatic heterocycles. The number of pyridine rings is 1. The molecular weight excluding hydrogens is 415 g/mol. The average molecular weight is 432 g/mol. The van der Waals surface area contributed by atoms with Crippen LogP contribution in [0.3, 0.4) is 0 Å². The second kappa shape index (κ2) is 7.84. The molecule has 6 rings (SSSR count). The van der Waals surface area contributed by atoms with Crippen LogP contribution in [0.5, 0.6) is 0 Å². The van der Waals surface area contributed by atoms with Crippen LogP contribution < -0.4 is 4.90 Å². The Labute approximate surface area is 189 Å². The van der Waals surface area contributed by atoms with E-state index in [4.69, 9.17) is 4.98 Å². The molecule has 0 N–H and O–H groups in total. The van der Waals surface area contributed by atoms with Gasteiger partial charge in [-0.3, -0.25) is 0 Å². The van der Waals surface area contributed by atoms with E-state index in [1.807, 2.05) is 59.5 Å². The standard InChI is InChI=1S/C26H17FN6/c27-21-9-8-19-16-32(17-20(19)14-21)26-28-12-10-24(31-26)23-6-3-5-22(30-23)11-13-33-25-7-2-1-4-18(25)15-29-33/h1-10,12,14-15H,16-17H2. The van der Waals surface area contributed by atoms with Crippen LogP contribution in [-0.2, 0) is 13.1 Å². The van der Waals surface area contributed by atoms with Crippen molar-refractivity contribution in [3.63, 3.8) is 0 Å². The molecule has 0 saturated heterocycles. The summed E-state index contributed by atoms with van der Waals surface area (Å²) in [6.07, 6.45) is 3.51. The quantitative estimate of drug-likeness (QED) is 0.387. The lowest BCUT2D eigenvalue weighted by atomic mass is 10.1. The molecule has 0 amide bonds. The number of hydrogen-bond donors (Lipinski definition) is 0. The maximum absolute atomic E-state index is 13.6. The van der Waals surface area contributed by atoms with Crippen molar-refractivity contribution in [1.29, 1.82) is 0 Å². The second-order valence-corrected chi connectivity index (χ2v) is 7.77. The Morgan fingerprint density at radius 2 is 1.73 bits per heavy atom. The highest BCUT2D eigenvalue weighted by Crippen LogP contribution is 2.27. The Morgan fingerprint density at radius 1 is 0.848 bits per heavy atom. The van der Waals surface area contributed by atoms with Crippen molar-refractivity contribution in [1.82, 2.24) is 24.7 Å². The topological polar surface area (TPSA) is 59.7 Å². The zero-order chi connectivity index (χ0) is 22.2. The molecule has 5 aromatic rings. The molecule has 33 heavy (non-hydrogen) atoms. The third-order valence-electron chi connectivity index (χ3n) is 5.60. The van der Waals surface area contributed by atoms with Gasteiger partial charge in [0, 0.05) is 30.7 Å².